The highest BCUT2D eigenvalue weighted by molar-refractivity contribution is 5.57. The van der Waals surface area contributed by atoms with Crippen molar-refractivity contribution >= 4 is 17.5 Å². The molecular weight excluding hydrogens is 488 g/mol. The second kappa shape index (κ2) is 11.9. The summed E-state index contributed by atoms with van der Waals surface area (Å²) in [4.78, 5) is 15.9. The lowest BCUT2D eigenvalue weighted by atomic mass is 9.85. The fourth-order valence-corrected chi connectivity index (χ4v) is 6.05. The SMILES string of the molecule is N#Cc1cc(Nc2ncc(C3CCN(CC4CCC(F)(F)CC4)CC3)c(NC3CCC(O)CC3)n2)ccn1. The van der Waals surface area contributed by atoms with Crippen molar-refractivity contribution in [3.63, 3.8) is 0 Å². The summed E-state index contributed by atoms with van der Waals surface area (Å²) in [6, 6.07) is 5.73. The molecule has 3 fully saturated rings. The van der Waals surface area contributed by atoms with E-state index in [1.807, 2.05) is 12.3 Å². The third-order valence-electron chi connectivity index (χ3n) is 8.37. The lowest BCUT2D eigenvalue weighted by molar-refractivity contribution is -0.0494. The van der Waals surface area contributed by atoms with Gasteiger partial charge in [0, 0.05) is 49.1 Å². The molecule has 0 radical (unpaired) electrons. The van der Waals surface area contributed by atoms with Crippen LogP contribution in [0.1, 0.15) is 81.4 Å². The second-order valence-corrected chi connectivity index (χ2v) is 11.2. The number of alkyl halides is 2. The number of nitrogens with zero attached hydrogens (tertiary/aromatic N) is 5. The second-order valence-electron chi connectivity index (χ2n) is 11.2. The largest absolute Gasteiger partial charge is 0.393 e. The molecule has 0 amide bonds. The number of nitriles is 1. The van der Waals surface area contributed by atoms with E-state index in [2.05, 4.69) is 25.5 Å². The van der Waals surface area contributed by atoms with Gasteiger partial charge in [-0.05, 0) is 88.4 Å². The monoisotopic (exact) mass is 525 g/mol. The number of halogens is 2. The van der Waals surface area contributed by atoms with Gasteiger partial charge >= 0.3 is 0 Å². The summed E-state index contributed by atoms with van der Waals surface area (Å²) >= 11 is 0. The van der Waals surface area contributed by atoms with Crippen LogP contribution in [0.3, 0.4) is 0 Å². The van der Waals surface area contributed by atoms with Crippen molar-refractivity contribution in [3.05, 3.63) is 35.8 Å². The number of aromatic nitrogens is 3. The Labute approximate surface area is 222 Å². The number of piperidine rings is 1. The van der Waals surface area contributed by atoms with E-state index in [1.54, 1.807) is 18.3 Å². The Balaban J connectivity index is 1.26. The van der Waals surface area contributed by atoms with E-state index in [4.69, 9.17) is 10.2 Å². The first-order valence-electron chi connectivity index (χ1n) is 13.9. The van der Waals surface area contributed by atoms with Crippen LogP contribution in [-0.4, -0.2) is 62.7 Å². The molecule has 8 nitrogen and oxygen atoms in total. The van der Waals surface area contributed by atoms with Crippen molar-refractivity contribution in [2.24, 2.45) is 5.92 Å². The molecule has 3 aliphatic rings. The van der Waals surface area contributed by atoms with Gasteiger partial charge in [0.1, 0.15) is 17.6 Å². The molecule has 204 valence electrons. The molecular formula is C28H37F2N7O. The summed E-state index contributed by atoms with van der Waals surface area (Å²) in [5, 5.41) is 25.9. The molecule has 2 saturated carbocycles. The van der Waals surface area contributed by atoms with Crippen molar-refractivity contribution in [3.8, 4) is 6.07 Å². The minimum absolute atomic E-state index is 0.0242. The summed E-state index contributed by atoms with van der Waals surface area (Å²) in [5.41, 5.74) is 2.12. The molecule has 2 aliphatic carbocycles. The van der Waals surface area contributed by atoms with Crippen LogP contribution in [0, 0.1) is 17.2 Å². The average molecular weight is 526 g/mol. The van der Waals surface area contributed by atoms with E-state index in [1.165, 1.54) is 0 Å². The van der Waals surface area contributed by atoms with Crippen LogP contribution in [0.2, 0.25) is 0 Å². The average Bonchev–Trinajstić information content (AvgIpc) is 2.92. The number of aliphatic hydroxyl groups excluding tert-OH is 1. The van der Waals surface area contributed by atoms with Crippen LogP contribution in [0.4, 0.5) is 26.2 Å². The molecule has 38 heavy (non-hydrogen) atoms. The van der Waals surface area contributed by atoms with E-state index in [9.17, 15) is 13.9 Å². The molecule has 3 heterocycles. The molecule has 2 aromatic heterocycles. The molecule has 1 saturated heterocycles. The van der Waals surface area contributed by atoms with Gasteiger partial charge in [0.05, 0.1) is 6.10 Å². The van der Waals surface area contributed by atoms with Gasteiger partial charge in [-0.25, -0.2) is 18.7 Å². The minimum atomic E-state index is -2.47. The van der Waals surface area contributed by atoms with Crippen LogP contribution < -0.4 is 10.6 Å². The molecule has 3 N–H and O–H groups in total. The van der Waals surface area contributed by atoms with Crippen molar-refractivity contribution in [1.82, 2.24) is 19.9 Å². The normalized spacial score (nSPS) is 25.0. The summed E-state index contributed by atoms with van der Waals surface area (Å²) in [5.74, 6) is -0.507. The molecule has 0 bridgehead atoms. The zero-order valence-corrected chi connectivity index (χ0v) is 21.8. The number of likely N-dealkylation sites (tertiary alicyclic amines) is 1. The number of hydrogen-bond acceptors (Lipinski definition) is 8. The van der Waals surface area contributed by atoms with Crippen molar-refractivity contribution < 1.29 is 13.9 Å². The predicted octanol–water partition coefficient (Wildman–Crippen LogP) is 5.21. The summed E-state index contributed by atoms with van der Waals surface area (Å²) < 4.78 is 27.1. The number of anilines is 3. The van der Waals surface area contributed by atoms with Crippen LogP contribution in [-0.2, 0) is 0 Å². The Morgan fingerprint density at radius 1 is 1.05 bits per heavy atom. The smallest absolute Gasteiger partial charge is 0.248 e. The minimum Gasteiger partial charge on any atom is -0.393 e. The van der Waals surface area contributed by atoms with Gasteiger partial charge in [0.25, 0.3) is 0 Å². The molecule has 0 spiro atoms. The van der Waals surface area contributed by atoms with Gasteiger partial charge in [0.15, 0.2) is 0 Å². The first kappa shape index (κ1) is 26.7. The molecule has 0 unspecified atom stereocenters. The molecule has 2 aromatic rings. The van der Waals surface area contributed by atoms with E-state index in [0.717, 1.165) is 69.5 Å². The van der Waals surface area contributed by atoms with Crippen LogP contribution in [0.15, 0.2) is 24.5 Å². The van der Waals surface area contributed by atoms with Crippen LogP contribution in [0.5, 0.6) is 0 Å². The number of pyridine rings is 1. The van der Waals surface area contributed by atoms with Gasteiger partial charge in [-0.15, -0.1) is 0 Å². The number of nitrogens with one attached hydrogen (secondary N) is 2. The first-order valence-corrected chi connectivity index (χ1v) is 13.9. The van der Waals surface area contributed by atoms with Crippen LogP contribution in [0.25, 0.3) is 0 Å². The summed E-state index contributed by atoms with van der Waals surface area (Å²) in [6.07, 6.45) is 9.84. The van der Waals surface area contributed by atoms with Gasteiger partial charge in [-0.2, -0.15) is 10.2 Å². The maximum Gasteiger partial charge on any atom is 0.248 e. The van der Waals surface area contributed by atoms with Crippen molar-refractivity contribution in [2.75, 3.05) is 30.3 Å². The highest BCUT2D eigenvalue weighted by Crippen LogP contribution is 2.38. The topological polar surface area (TPSA) is 110 Å². The maximum atomic E-state index is 13.5. The molecule has 0 aromatic carbocycles. The third-order valence-corrected chi connectivity index (χ3v) is 8.37. The molecule has 1 aliphatic heterocycles. The Morgan fingerprint density at radius 3 is 2.50 bits per heavy atom. The Bertz CT molecular complexity index is 1110. The highest BCUT2D eigenvalue weighted by atomic mass is 19.3. The fraction of sp³-hybridized carbons (Fsp3) is 0.643. The lowest BCUT2D eigenvalue weighted by Gasteiger charge is -2.37. The number of hydrogen-bond donors (Lipinski definition) is 3. The van der Waals surface area contributed by atoms with Crippen LogP contribution >= 0.6 is 0 Å². The maximum absolute atomic E-state index is 13.5. The Kier molecular flexibility index (Phi) is 8.34. The highest BCUT2D eigenvalue weighted by Gasteiger charge is 2.36. The Morgan fingerprint density at radius 2 is 1.79 bits per heavy atom. The van der Waals surface area contributed by atoms with E-state index < -0.39 is 5.92 Å². The van der Waals surface area contributed by atoms with Gasteiger partial charge in [-0.3, -0.25) is 0 Å². The van der Waals surface area contributed by atoms with Gasteiger partial charge < -0.3 is 20.6 Å². The number of aliphatic hydroxyl groups is 1. The van der Waals surface area contributed by atoms with Crippen molar-refractivity contribution in [2.45, 2.75) is 88.2 Å². The summed E-state index contributed by atoms with van der Waals surface area (Å²) in [7, 11) is 0. The third kappa shape index (κ3) is 6.94. The zero-order valence-electron chi connectivity index (χ0n) is 21.8. The quantitative estimate of drug-likeness (QED) is 0.452. The number of rotatable bonds is 7. The first-order chi connectivity index (χ1) is 18.4. The van der Waals surface area contributed by atoms with Gasteiger partial charge in [-0.1, -0.05) is 0 Å². The summed E-state index contributed by atoms with van der Waals surface area (Å²) in [6.45, 7) is 2.80. The molecule has 5 rings (SSSR count). The zero-order chi connectivity index (χ0) is 26.5. The molecule has 0 atom stereocenters. The van der Waals surface area contributed by atoms with E-state index >= 15 is 0 Å². The lowest BCUT2D eigenvalue weighted by Crippen LogP contribution is -2.39. The Hall–Kier alpha value is -2.90. The fourth-order valence-electron chi connectivity index (χ4n) is 6.05. The van der Waals surface area contributed by atoms with E-state index in [-0.39, 0.29) is 25.0 Å². The van der Waals surface area contributed by atoms with E-state index in [0.29, 0.717) is 42.0 Å². The predicted molar refractivity (Wildman–Crippen MR) is 141 cm³/mol. The van der Waals surface area contributed by atoms with Crippen molar-refractivity contribution in [1.29, 1.82) is 5.26 Å². The standard InChI is InChI=1S/C28H37F2N7O/c29-28(30)10-5-19(6-11-28)18-37-13-8-20(9-14-37)25-17-33-27(35-22-7-12-32-23(15-22)16-31)36-26(25)34-21-1-3-24(38)4-2-21/h7,12,15,17,19-21,24,38H,1-6,8-11,13-14,18H2,(H2,32,33,34,35,36). The van der Waals surface area contributed by atoms with Gasteiger partial charge in [0.2, 0.25) is 11.9 Å². The molecule has 10 heteroatoms.